The van der Waals surface area contributed by atoms with Gasteiger partial charge < -0.3 is 4.90 Å². The van der Waals surface area contributed by atoms with Gasteiger partial charge in [-0.25, -0.2) is 0 Å². The van der Waals surface area contributed by atoms with Crippen molar-refractivity contribution in [3.63, 3.8) is 0 Å². The van der Waals surface area contributed by atoms with Crippen LogP contribution in [0, 0.1) is 0 Å². The molecule has 0 saturated carbocycles. The zero-order valence-electron chi connectivity index (χ0n) is 17.9. The largest absolute Gasteiger partial charge is 0.304 e. The molecule has 3 aromatic carbocycles. The molecule has 1 fully saturated rings. The number of hydrogen-bond donors (Lipinski definition) is 0. The number of hydrogen-bond acceptors (Lipinski definition) is 3. The van der Waals surface area contributed by atoms with Gasteiger partial charge in [-0.3, -0.25) is 14.5 Å². The molecule has 5 rings (SSSR count). The number of nitrogens with zero attached hydrogens (tertiary/aromatic N) is 2. The molecule has 0 unspecified atom stereocenters. The molecule has 2 atom stereocenters. The van der Waals surface area contributed by atoms with Crippen LogP contribution in [0.2, 0.25) is 5.02 Å². The number of aryl methyl sites for hydroxylation is 1. The third-order valence-electron chi connectivity index (χ3n) is 6.21. The second-order valence-electron chi connectivity index (χ2n) is 8.10. The van der Waals surface area contributed by atoms with Gasteiger partial charge >= 0.3 is 0 Å². The first-order valence-electron chi connectivity index (χ1n) is 10.7. The van der Waals surface area contributed by atoms with E-state index in [0.717, 1.165) is 28.9 Å². The summed E-state index contributed by atoms with van der Waals surface area (Å²) in [5.74, 6) is -0.164. The van der Waals surface area contributed by atoms with Crippen molar-refractivity contribution in [2.45, 2.75) is 36.9 Å². The first kappa shape index (κ1) is 21.1. The number of halogens is 1. The zero-order chi connectivity index (χ0) is 22.5. The van der Waals surface area contributed by atoms with E-state index in [1.165, 1.54) is 17.3 Å². The van der Waals surface area contributed by atoms with Crippen LogP contribution in [0.1, 0.15) is 30.5 Å². The van der Waals surface area contributed by atoms with E-state index in [4.69, 9.17) is 11.6 Å². The topological polar surface area (TPSA) is 40.6 Å². The lowest BCUT2D eigenvalue weighted by Gasteiger charge is -2.33. The predicted octanol–water partition coefficient (Wildman–Crippen LogP) is 5.77. The van der Waals surface area contributed by atoms with E-state index in [9.17, 15) is 9.59 Å². The SMILES string of the molecule is CCc1ccc(N2C(=O)[C@H](C)S[C@]23C(=O)N(Cc2ccccc2Cl)c2ccccc23)cc1. The maximum atomic E-state index is 14.2. The van der Waals surface area contributed by atoms with Crippen LogP contribution in [0.15, 0.2) is 72.8 Å². The fraction of sp³-hybridized carbons (Fsp3) is 0.231. The average Bonchev–Trinajstić information content (AvgIpc) is 3.21. The molecule has 3 aromatic rings. The molecule has 0 aromatic heterocycles. The van der Waals surface area contributed by atoms with Gasteiger partial charge in [0.15, 0.2) is 0 Å². The van der Waals surface area contributed by atoms with Crippen molar-refractivity contribution in [3.8, 4) is 0 Å². The van der Waals surface area contributed by atoms with Crippen LogP contribution in [-0.4, -0.2) is 17.1 Å². The van der Waals surface area contributed by atoms with E-state index >= 15 is 0 Å². The minimum Gasteiger partial charge on any atom is -0.304 e. The summed E-state index contributed by atoms with van der Waals surface area (Å²) in [4.78, 5) is 29.9. The molecule has 32 heavy (non-hydrogen) atoms. The molecule has 2 aliphatic rings. The average molecular weight is 463 g/mol. The number of fused-ring (bicyclic) bond motifs is 2. The van der Waals surface area contributed by atoms with Gasteiger partial charge in [-0.1, -0.05) is 67.1 Å². The van der Waals surface area contributed by atoms with Crippen LogP contribution in [0.3, 0.4) is 0 Å². The molecule has 4 nitrogen and oxygen atoms in total. The van der Waals surface area contributed by atoms with E-state index < -0.39 is 4.87 Å². The van der Waals surface area contributed by atoms with Gasteiger partial charge in [0.1, 0.15) is 0 Å². The third kappa shape index (κ3) is 3.06. The molecule has 2 amide bonds. The Bertz CT molecular complexity index is 1210. The molecule has 2 aliphatic heterocycles. The van der Waals surface area contributed by atoms with Crippen LogP contribution in [0.5, 0.6) is 0 Å². The fourth-order valence-corrected chi connectivity index (χ4v) is 6.30. The lowest BCUT2D eigenvalue weighted by molar-refractivity contribution is -0.124. The highest BCUT2D eigenvalue weighted by atomic mass is 35.5. The van der Waals surface area contributed by atoms with Gasteiger partial charge in [0.25, 0.3) is 5.91 Å². The Hall–Kier alpha value is -2.76. The first-order chi connectivity index (χ1) is 15.5. The molecule has 6 heteroatoms. The molecule has 0 aliphatic carbocycles. The Morgan fingerprint density at radius 1 is 0.969 bits per heavy atom. The van der Waals surface area contributed by atoms with E-state index in [1.807, 2.05) is 79.7 Å². The van der Waals surface area contributed by atoms with Crippen LogP contribution in [0.25, 0.3) is 0 Å². The molecular weight excluding hydrogens is 440 g/mol. The molecule has 2 heterocycles. The minimum absolute atomic E-state index is 0.0537. The molecule has 1 saturated heterocycles. The monoisotopic (exact) mass is 462 g/mol. The van der Waals surface area contributed by atoms with Crippen molar-refractivity contribution in [2.24, 2.45) is 0 Å². The number of amides is 2. The van der Waals surface area contributed by atoms with Gasteiger partial charge in [0.2, 0.25) is 10.8 Å². The van der Waals surface area contributed by atoms with Crippen molar-refractivity contribution < 1.29 is 9.59 Å². The number of anilines is 2. The summed E-state index contributed by atoms with van der Waals surface area (Å²) in [6, 6.07) is 23.3. The highest BCUT2D eigenvalue weighted by molar-refractivity contribution is 8.03. The lowest BCUT2D eigenvalue weighted by atomic mass is 10.0. The standard InChI is InChI=1S/C26H23ClN2O2S/c1-3-18-12-14-20(15-13-18)29-24(30)17(2)32-26(29)21-9-5-7-11-23(21)28(25(26)31)16-19-8-4-6-10-22(19)27/h4-15,17H,3,16H2,1-2H3/t17-,26+/m0/s1. The summed E-state index contributed by atoms with van der Waals surface area (Å²) in [6.45, 7) is 4.32. The lowest BCUT2D eigenvalue weighted by Crippen LogP contribution is -2.49. The molecule has 0 N–H and O–H groups in total. The highest BCUT2D eigenvalue weighted by Gasteiger charge is 2.63. The van der Waals surface area contributed by atoms with E-state index in [-0.39, 0.29) is 17.1 Å². The normalized spacial score (nSPS) is 22.2. The second kappa shape index (κ2) is 7.98. The summed E-state index contributed by atoms with van der Waals surface area (Å²) >= 11 is 7.84. The van der Waals surface area contributed by atoms with E-state index in [0.29, 0.717) is 11.6 Å². The van der Waals surface area contributed by atoms with Gasteiger partial charge in [0, 0.05) is 16.3 Å². The summed E-state index contributed by atoms with van der Waals surface area (Å²) in [7, 11) is 0. The fourth-order valence-electron chi connectivity index (χ4n) is 4.57. The summed E-state index contributed by atoms with van der Waals surface area (Å²) in [6.07, 6.45) is 0.915. The number of carbonyl (C=O) groups excluding carboxylic acids is 2. The third-order valence-corrected chi connectivity index (χ3v) is 8.06. The Morgan fingerprint density at radius 2 is 1.66 bits per heavy atom. The first-order valence-corrected chi connectivity index (χ1v) is 12.0. The quantitative estimate of drug-likeness (QED) is 0.494. The number of thioether (sulfide) groups is 1. The van der Waals surface area contributed by atoms with Gasteiger partial charge in [-0.05, 0) is 48.7 Å². The van der Waals surface area contributed by atoms with E-state index in [1.54, 1.807) is 9.80 Å². The Kier molecular flexibility index (Phi) is 5.26. The number of para-hydroxylation sites is 1. The Morgan fingerprint density at radius 3 is 2.38 bits per heavy atom. The Balaban J connectivity index is 1.65. The molecule has 0 radical (unpaired) electrons. The Labute approximate surface area is 197 Å². The van der Waals surface area contributed by atoms with Crippen LogP contribution < -0.4 is 9.80 Å². The van der Waals surface area contributed by atoms with Gasteiger partial charge in [0.05, 0.1) is 17.5 Å². The number of rotatable bonds is 4. The van der Waals surface area contributed by atoms with E-state index in [2.05, 4.69) is 6.92 Å². The number of carbonyl (C=O) groups is 2. The van der Waals surface area contributed by atoms with Crippen LogP contribution in [0.4, 0.5) is 11.4 Å². The van der Waals surface area contributed by atoms with Gasteiger partial charge in [-0.2, -0.15) is 0 Å². The van der Waals surface area contributed by atoms with Crippen molar-refractivity contribution >= 4 is 46.6 Å². The number of benzene rings is 3. The van der Waals surface area contributed by atoms with Crippen molar-refractivity contribution in [3.05, 3.63) is 94.5 Å². The van der Waals surface area contributed by atoms with Gasteiger partial charge in [-0.15, -0.1) is 11.8 Å². The van der Waals surface area contributed by atoms with Crippen molar-refractivity contribution in [2.75, 3.05) is 9.80 Å². The highest BCUT2D eigenvalue weighted by Crippen LogP contribution is 2.58. The van der Waals surface area contributed by atoms with Crippen LogP contribution >= 0.6 is 23.4 Å². The van der Waals surface area contributed by atoms with Crippen LogP contribution in [-0.2, 0) is 27.4 Å². The summed E-state index contributed by atoms with van der Waals surface area (Å²) in [5, 5.41) is 0.285. The smallest absolute Gasteiger partial charge is 0.269 e. The maximum absolute atomic E-state index is 14.2. The molecular formula is C26H23ClN2O2S. The zero-order valence-corrected chi connectivity index (χ0v) is 19.5. The maximum Gasteiger partial charge on any atom is 0.269 e. The predicted molar refractivity (Wildman–Crippen MR) is 131 cm³/mol. The van der Waals surface area contributed by atoms with Crippen molar-refractivity contribution in [1.29, 1.82) is 0 Å². The van der Waals surface area contributed by atoms with Crippen molar-refractivity contribution in [1.82, 2.24) is 0 Å². The molecule has 162 valence electrons. The summed E-state index contributed by atoms with van der Waals surface area (Å²) in [5.41, 5.74) is 4.47. The molecule has 1 spiro atoms. The minimum atomic E-state index is -1.12. The second-order valence-corrected chi connectivity index (χ2v) is 10.0. The molecule has 0 bridgehead atoms. The summed E-state index contributed by atoms with van der Waals surface area (Å²) < 4.78 is 0.